The molecule has 0 heterocycles. The molecule has 2 rings (SSSR count). The highest BCUT2D eigenvalue weighted by atomic mass is 32.2. The van der Waals surface area contributed by atoms with Crippen molar-refractivity contribution in [3.63, 3.8) is 0 Å². The maximum absolute atomic E-state index is 12.0. The molecule has 0 aliphatic heterocycles. The van der Waals surface area contributed by atoms with E-state index in [0.29, 0.717) is 4.91 Å². The van der Waals surface area contributed by atoms with Crippen molar-refractivity contribution in [1.82, 2.24) is 5.32 Å². The van der Waals surface area contributed by atoms with Crippen molar-refractivity contribution in [1.29, 1.82) is 0 Å². The summed E-state index contributed by atoms with van der Waals surface area (Å²) in [4.78, 5) is 24.5. The quantitative estimate of drug-likeness (QED) is 0.597. The van der Waals surface area contributed by atoms with Crippen molar-refractivity contribution in [2.45, 2.75) is 37.5 Å². The Hall–Kier alpha value is -1.33. The molecular formula is C15H19NO3S. The maximum Gasteiger partial charge on any atom is 0.203 e. The predicted octanol–water partition coefficient (Wildman–Crippen LogP) is 1.72. The van der Waals surface area contributed by atoms with Crippen molar-refractivity contribution in [2.75, 3.05) is 6.54 Å². The lowest BCUT2D eigenvalue weighted by atomic mass is 10.1. The molecule has 2 aliphatic rings. The van der Waals surface area contributed by atoms with Crippen LogP contribution in [0.5, 0.6) is 0 Å². The van der Waals surface area contributed by atoms with Gasteiger partial charge < -0.3 is 10.4 Å². The van der Waals surface area contributed by atoms with Crippen molar-refractivity contribution in [2.24, 2.45) is 0 Å². The van der Waals surface area contributed by atoms with Crippen LogP contribution in [0.25, 0.3) is 0 Å². The predicted molar refractivity (Wildman–Crippen MR) is 80.2 cm³/mol. The van der Waals surface area contributed by atoms with Gasteiger partial charge in [0.25, 0.3) is 0 Å². The minimum Gasteiger partial charge on any atom is -0.392 e. The van der Waals surface area contributed by atoms with Crippen LogP contribution in [0.4, 0.5) is 0 Å². The number of carbonyl (C=O) groups is 2. The summed E-state index contributed by atoms with van der Waals surface area (Å²) in [6.07, 6.45) is 9.67. The van der Waals surface area contributed by atoms with E-state index in [9.17, 15) is 14.7 Å². The molecule has 0 spiro atoms. The van der Waals surface area contributed by atoms with Crippen LogP contribution >= 0.6 is 11.8 Å². The van der Waals surface area contributed by atoms with Gasteiger partial charge in [-0.2, -0.15) is 0 Å². The van der Waals surface area contributed by atoms with Crippen LogP contribution < -0.4 is 5.32 Å². The highest BCUT2D eigenvalue weighted by molar-refractivity contribution is 8.04. The second-order valence-electron chi connectivity index (χ2n) is 5.04. The Morgan fingerprint density at radius 3 is 2.85 bits per heavy atom. The number of aliphatic hydroxyl groups excluding tert-OH is 1. The molecule has 0 saturated heterocycles. The molecular weight excluding hydrogens is 274 g/mol. The Morgan fingerprint density at radius 1 is 1.40 bits per heavy atom. The van der Waals surface area contributed by atoms with Crippen LogP contribution in [0.3, 0.4) is 0 Å². The van der Waals surface area contributed by atoms with Crippen molar-refractivity contribution in [3.8, 4) is 0 Å². The SMILES string of the molecule is CC(O)CNC1=CC(=O)C(SC2C=CCCC2)=CC1=O. The highest BCUT2D eigenvalue weighted by Gasteiger charge is 2.23. The van der Waals surface area contributed by atoms with Crippen LogP contribution in [0.15, 0.2) is 34.9 Å². The van der Waals surface area contributed by atoms with Gasteiger partial charge in [0, 0.05) is 23.9 Å². The van der Waals surface area contributed by atoms with Crippen LogP contribution in [-0.4, -0.2) is 34.6 Å². The molecule has 0 bridgehead atoms. The molecule has 108 valence electrons. The molecule has 2 N–H and O–H groups in total. The van der Waals surface area contributed by atoms with E-state index in [-0.39, 0.29) is 29.1 Å². The average Bonchev–Trinajstić information content (AvgIpc) is 2.42. The smallest absolute Gasteiger partial charge is 0.203 e. The minimum absolute atomic E-state index is 0.137. The molecule has 2 aliphatic carbocycles. The lowest BCUT2D eigenvalue weighted by Gasteiger charge is -2.19. The highest BCUT2D eigenvalue weighted by Crippen LogP contribution is 2.31. The molecule has 2 unspecified atom stereocenters. The normalized spacial score (nSPS) is 24.2. The summed E-state index contributed by atoms with van der Waals surface area (Å²) in [5, 5.41) is 12.3. The first kappa shape index (κ1) is 15.1. The van der Waals surface area contributed by atoms with Gasteiger partial charge in [-0.25, -0.2) is 0 Å². The first-order valence-corrected chi connectivity index (χ1v) is 7.71. The summed E-state index contributed by atoms with van der Waals surface area (Å²) >= 11 is 1.46. The van der Waals surface area contributed by atoms with Crippen LogP contribution in [0, 0.1) is 0 Å². The Kier molecular flexibility index (Phi) is 5.20. The van der Waals surface area contributed by atoms with Gasteiger partial charge in [0.1, 0.15) is 0 Å². The topological polar surface area (TPSA) is 66.4 Å². The van der Waals surface area contributed by atoms with E-state index in [2.05, 4.69) is 17.5 Å². The van der Waals surface area contributed by atoms with E-state index in [0.717, 1.165) is 19.3 Å². The lowest BCUT2D eigenvalue weighted by molar-refractivity contribution is -0.115. The van der Waals surface area contributed by atoms with Gasteiger partial charge in [0.2, 0.25) is 5.78 Å². The van der Waals surface area contributed by atoms with Crippen LogP contribution in [0.2, 0.25) is 0 Å². The summed E-state index contributed by atoms with van der Waals surface area (Å²) in [7, 11) is 0. The molecule has 5 heteroatoms. The second kappa shape index (κ2) is 6.90. The van der Waals surface area contributed by atoms with Gasteiger partial charge in [-0.15, -0.1) is 11.8 Å². The molecule has 2 atom stereocenters. The molecule has 0 amide bonds. The van der Waals surface area contributed by atoms with Crippen molar-refractivity contribution < 1.29 is 14.7 Å². The Morgan fingerprint density at radius 2 is 2.20 bits per heavy atom. The molecule has 0 aromatic rings. The number of carbonyl (C=O) groups excluding carboxylic acids is 2. The number of hydrogen-bond acceptors (Lipinski definition) is 5. The van der Waals surface area contributed by atoms with E-state index >= 15 is 0 Å². The van der Waals surface area contributed by atoms with Gasteiger partial charge in [0.15, 0.2) is 5.78 Å². The van der Waals surface area contributed by atoms with E-state index in [1.807, 2.05) is 0 Å². The fourth-order valence-corrected chi connectivity index (χ4v) is 3.22. The monoisotopic (exact) mass is 293 g/mol. The zero-order valence-corrected chi connectivity index (χ0v) is 12.3. The summed E-state index contributed by atoms with van der Waals surface area (Å²) < 4.78 is 0. The third kappa shape index (κ3) is 4.08. The summed E-state index contributed by atoms with van der Waals surface area (Å²) in [6.45, 7) is 1.88. The Balaban J connectivity index is 1.98. The summed E-state index contributed by atoms with van der Waals surface area (Å²) in [5.41, 5.74) is 0.263. The number of aliphatic hydroxyl groups is 1. The number of thioether (sulfide) groups is 1. The number of rotatable bonds is 5. The zero-order chi connectivity index (χ0) is 14.5. The number of hydrogen-bond donors (Lipinski definition) is 2. The molecule has 0 fully saturated rings. The molecule has 0 aromatic carbocycles. The van der Waals surface area contributed by atoms with Gasteiger partial charge in [-0.3, -0.25) is 9.59 Å². The van der Waals surface area contributed by atoms with E-state index < -0.39 is 6.10 Å². The fraction of sp³-hybridized carbons (Fsp3) is 0.467. The second-order valence-corrected chi connectivity index (χ2v) is 6.32. The molecule has 20 heavy (non-hydrogen) atoms. The number of nitrogens with one attached hydrogen (secondary N) is 1. The van der Waals surface area contributed by atoms with E-state index in [1.54, 1.807) is 6.92 Å². The lowest BCUT2D eigenvalue weighted by Crippen LogP contribution is -2.29. The zero-order valence-electron chi connectivity index (χ0n) is 11.5. The van der Waals surface area contributed by atoms with Gasteiger partial charge in [0.05, 0.1) is 16.7 Å². The third-order valence-electron chi connectivity index (χ3n) is 3.12. The minimum atomic E-state index is -0.564. The van der Waals surface area contributed by atoms with E-state index in [4.69, 9.17) is 0 Å². The maximum atomic E-state index is 12.0. The standard InChI is InChI=1S/C15H19NO3S/c1-10(17)9-16-12-7-14(19)15(8-13(12)18)20-11-5-3-2-4-6-11/h3,5,7-8,10-11,16-17H,2,4,6,9H2,1H3. The average molecular weight is 293 g/mol. The fourth-order valence-electron chi connectivity index (χ4n) is 2.07. The first-order chi connectivity index (χ1) is 9.56. The van der Waals surface area contributed by atoms with Crippen LogP contribution in [0.1, 0.15) is 26.2 Å². The Bertz CT molecular complexity index is 491. The Labute approximate surface area is 123 Å². The van der Waals surface area contributed by atoms with Gasteiger partial charge in [-0.05, 0) is 26.2 Å². The molecule has 0 aromatic heterocycles. The van der Waals surface area contributed by atoms with Crippen molar-refractivity contribution >= 4 is 23.3 Å². The van der Waals surface area contributed by atoms with Crippen molar-refractivity contribution in [3.05, 3.63) is 34.9 Å². The first-order valence-electron chi connectivity index (χ1n) is 6.83. The van der Waals surface area contributed by atoms with Crippen LogP contribution in [-0.2, 0) is 9.59 Å². The largest absolute Gasteiger partial charge is 0.392 e. The van der Waals surface area contributed by atoms with E-state index in [1.165, 1.54) is 23.9 Å². The molecule has 0 saturated carbocycles. The third-order valence-corrected chi connectivity index (χ3v) is 4.39. The number of allylic oxidation sites excluding steroid dienone is 4. The summed E-state index contributed by atoms with van der Waals surface area (Å²) in [6, 6.07) is 0. The molecule has 0 radical (unpaired) electrons. The summed E-state index contributed by atoms with van der Waals surface area (Å²) in [5.74, 6) is -0.339. The molecule has 4 nitrogen and oxygen atoms in total. The number of ketones is 2. The van der Waals surface area contributed by atoms with Gasteiger partial charge in [-0.1, -0.05) is 12.2 Å². The van der Waals surface area contributed by atoms with Gasteiger partial charge >= 0.3 is 0 Å².